The number of aryl methyl sites for hydroxylation is 1. The van der Waals surface area contributed by atoms with Gasteiger partial charge in [0.25, 0.3) is 0 Å². The van der Waals surface area contributed by atoms with Crippen LogP contribution in [0.5, 0.6) is 0 Å². The van der Waals surface area contributed by atoms with E-state index in [1.54, 1.807) is 24.6 Å². The maximum atomic E-state index is 12.1. The maximum absolute atomic E-state index is 12.1. The number of aromatic nitrogens is 3. The van der Waals surface area contributed by atoms with Crippen LogP contribution in [0.15, 0.2) is 17.6 Å². The van der Waals surface area contributed by atoms with Gasteiger partial charge in [-0.1, -0.05) is 6.08 Å². The summed E-state index contributed by atoms with van der Waals surface area (Å²) in [5, 5.41) is 13.3. The fourth-order valence-electron chi connectivity index (χ4n) is 1.40. The largest absolute Gasteiger partial charge is 0.390 e. The van der Waals surface area contributed by atoms with Crippen LogP contribution in [-0.2, 0) is 13.6 Å². The predicted octanol–water partition coefficient (Wildman–Crippen LogP) is 1.30. The van der Waals surface area contributed by atoms with Gasteiger partial charge in [-0.3, -0.25) is 0 Å². The minimum Gasteiger partial charge on any atom is -0.356 e. The van der Waals surface area contributed by atoms with Gasteiger partial charge in [0.2, 0.25) is 0 Å². The van der Waals surface area contributed by atoms with Crippen molar-refractivity contribution in [3.05, 3.63) is 24.3 Å². The topological polar surface area (TPSA) is 67.1 Å². The van der Waals surface area contributed by atoms with Crippen molar-refractivity contribution in [2.24, 2.45) is 12.0 Å². The average molecular weight is 304 g/mol. The van der Waals surface area contributed by atoms with E-state index in [1.165, 1.54) is 0 Å². The molecule has 0 unspecified atom stereocenters. The van der Waals surface area contributed by atoms with E-state index in [9.17, 15) is 13.2 Å². The van der Waals surface area contributed by atoms with Crippen LogP contribution in [0.3, 0.4) is 0 Å². The molecule has 1 rings (SSSR count). The Morgan fingerprint density at radius 1 is 1.38 bits per heavy atom. The van der Waals surface area contributed by atoms with Crippen molar-refractivity contribution < 1.29 is 13.2 Å². The second-order valence-electron chi connectivity index (χ2n) is 4.35. The Bertz CT molecular complexity index is 492. The first kappa shape index (κ1) is 17.0. The first-order valence-electron chi connectivity index (χ1n) is 6.38. The third-order valence-corrected chi connectivity index (χ3v) is 2.68. The molecule has 1 aromatic rings. The number of aliphatic imine (C=N–C) groups is 1. The summed E-state index contributed by atoms with van der Waals surface area (Å²) >= 11 is 0. The fraction of sp³-hybridized carbons (Fsp3) is 0.583. The molecule has 0 spiro atoms. The van der Waals surface area contributed by atoms with Crippen molar-refractivity contribution in [3.8, 4) is 0 Å². The van der Waals surface area contributed by atoms with E-state index in [1.807, 2.05) is 0 Å². The minimum absolute atomic E-state index is 0.218. The number of hydrogen-bond acceptors (Lipinski definition) is 3. The fourth-order valence-corrected chi connectivity index (χ4v) is 1.40. The van der Waals surface area contributed by atoms with Gasteiger partial charge in [0.1, 0.15) is 12.4 Å². The first-order chi connectivity index (χ1) is 9.83. The Kier molecular flexibility index (Phi) is 6.19. The SMILES string of the molecule is C=CCNC(=NCc1nnc(C)n1C)NCCC(F)(F)F. The van der Waals surface area contributed by atoms with Crippen LogP contribution < -0.4 is 10.6 Å². The molecule has 0 fully saturated rings. The van der Waals surface area contributed by atoms with Crippen molar-refractivity contribution in [1.29, 1.82) is 0 Å². The Morgan fingerprint density at radius 3 is 2.62 bits per heavy atom. The number of hydrogen-bond donors (Lipinski definition) is 2. The molecule has 0 aliphatic heterocycles. The monoisotopic (exact) mass is 304 g/mol. The van der Waals surface area contributed by atoms with Crippen molar-refractivity contribution in [3.63, 3.8) is 0 Å². The number of alkyl halides is 3. The molecule has 0 saturated heterocycles. The van der Waals surface area contributed by atoms with Crippen molar-refractivity contribution in [1.82, 2.24) is 25.4 Å². The van der Waals surface area contributed by atoms with E-state index in [0.717, 1.165) is 5.82 Å². The summed E-state index contributed by atoms with van der Waals surface area (Å²) < 4.78 is 38.1. The van der Waals surface area contributed by atoms with E-state index in [4.69, 9.17) is 0 Å². The Hall–Kier alpha value is -2.06. The van der Waals surface area contributed by atoms with Crippen LogP contribution in [0.2, 0.25) is 0 Å². The molecule has 0 bridgehead atoms. The number of nitrogens with zero attached hydrogens (tertiary/aromatic N) is 4. The van der Waals surface area contributed by atoms with Gasteiger partial charge in [-0.2, -0.15) is 13.2 Å². The van der Waals surface area contributed by atoms with E-state index in [0.29, 0.717) is 12.4 Å². The van der Waals surface area contributed by atoms with E-state index in [2.05, 4.69) is 32.4 Å². The lowest BCUT2D eigenvalue weighted by atomic mass is 10.4. The molecule has 1 heterocycles. The lowest BCUT2D eigenvalue weighted by Crippen LogP contribution is -2.39. The number of halogens is 3. The summed E-state index contributed by atoms with van der Waals surface area (Å²) in [7, 11) is 1.80. The molecule has 0 atom stereocenters. The molecule has 0 aromatic carbocycles. The zero-order valence-corrected chi connectivity index (χ0v) is 12.0. The van der Waals surface area contributed by atoms with Crippen LogP contribution in [0.1, 0.15) is 18.1 Å². The van der Waals surface area contributed by atoms with Crippen molar-refractivity contribution in [2.45, 2.75) is 26.1 Å². The highest BCUT2D eigenvalue weighted by Crippen LogP contribution is 2.18. The lowest BCUT2D eigenvalue weighted by Gasteiger charge is -2.12. The zero-order valence-electron chi connectivity index (χ0n) is 12.0. The number of nitrogens with one attached hydrogen (secondary N) is 2. The van der Waals surface area contributed by atoms with Gasteiger partial charge in [0.15, 0.2) is 11.8 Å². The van der Waals surface area contributed by atoms with E-state index < -0.39 is 12.6 Å². The molecule has 6 nitrogen and oxygen atoms in total. The Morgan fingerprint density at radius 2 is 2.10 bits per heavy atom. The smallest absolute Gasteiger partial charge is 0.356 e. The van der Waals surface area contributed by atoms with Gasteiger partial charge in [-0.05, 0) is 6.92 Å². The second-order valence-corrected chi connectivity index (χ2v) is 4.35. The molecule has 0 aliphatic rings. The van der Waals surface area contributed by atoms with E-state index in [-0.39, 0.29) is 19.0 Å². The van der Waals surface area contributed by atoms with Gasteiger partial charge < -0.3 is 15.2 Å². The summed E-state index contributed by atoms with van der Waals surface area (Å²) in [5.41, 5.74) is 0. The van der Waals surface area contributed by atoms with Crippen LogP contribution >= 0.6 is 0 Å². The van der Waals surface area contributed by atoms with Crippen molar-refractivity contribution >= 4 is 5.96 Å². The Labute approximate surface area is 121 Å². The molecule has 0 aliphatic carbocycles. The molecule has 0 amide bonds. The summed E-state index contributed by atoms with van der Waals surface area (Å²) in [6, 6.07) is 0. The molecule has 1 aromatic heterocycles. The highest BCUT2D eigenvalue weighted by Gasteiger charge is 2.26. The summed E-state index contributed by atoms with van der Waals surface area (Å²) in [6.45, 7) is 5.71. The summed E-state index contributed by atoms with van der Waals surface area (Å²) in [4.78, 5) is 4.18. The summed E-state index contributed by atoms with van der Waals surface area (Å²) in [5.74, 6) is 1.65. The molecular formula is C12H19F3N6. The third-order valence-electron chi connectivity index (χ3n) is 2.68. The quantitative estimate of drug-likeness (QED) is 0.472. The van der Waals surface area contributed by atoms with Crippen LogP contribution in [0.25, 0.3) is 0 Å². The first-order valence-corrected chi connectivity index (χ1v) is 6.38. The van der Waals surface area contributed by atoms with Gasteiger partial charge in [-0.15, -0.1) is 16.8 Å². The molecule has 118 valence electrons. The minimum atomic E-state index is -4.20. The normalized spacial score (nSPS) is 12.3. The van der Waals surface area contributed by atoms with Crippen LogP contribution in [0, 0.1) is 6.92 Å². The van der Waals surface area contributed by atoms with Gasteiger partial charge in [0.05, 0.1) is 6.42 Å². The molecule has 21 heavy (non-hydrogen) atoms. The molecule has 9 heteroatoms. The standard InChI is InChI=1S/C12H19F3N6/c1-4-6-16-11(17-7-5-12(13,14)15)18-8-10-20-19-9(2)21(10)3/h4H,1,5-8H2,2-3H3,(H2,16,17,18). The highest BCUT2D eigenvalue weighted by molar-refractivity contribution is 5.79. The van der Waals surface area contributed by atoms with E-state index >= 15 is 0 Å². The molecular weight excluding hydrogens is 285 g/mol. The number of guanidine groups is 1. The Balaban J connectivity index is 2.61. The highest BCUT2D eigenvalue weighted by atomic mass is 19.4. The van der Waals surface area contributed by atoms with Crippen molar-refractivity contribution in [2.75, 3.05) is 13.1 Å². The summed E-state index contributed by atoms with van der Waals surface area (Å²) in [6.07, 6.45) is -3.53. The lowest BCUT2D eigenvalue weighted by molar-refractivity contribution is -0.132. The molecule has 0 radical (unpaired) electrons. The average Bonchev–Trinajstić information content (AvgIpc) is 2.71. The van der Waals surface area contributed by atoms with Gasteiger partial charge in [-0.25, -0.2) is 4.99 Å². The van der Waals surface area contributed by atoms with Gasteiger partial charge >= 0.3 is 6.18 Å². The second kappa shape index (κ2) is 7.65. The predicted molar refractivity (Wildman–Crippen MR) is 73.8 cm³/mol. The molecule has 0 saturated carbocycles. The maximum Gasteiger partial charge on any atom is 0.390 e. The third kappa shape index (κ3) is 6.28. The molecule has 2 N–H and O–H groups in total. The number of rotatable bonds is 6. The zero-order chi connectivity index (χ0) is 15.9. The van der Waals surface area contributed by atoms with Gasteiger partial charge in [0, 0.05) is 20.1 Å². The van der Waals surface area contributed by atoms with Crippen LogP contribution in [-0.4, -0.2) is 40.0 Å². The van der Waals surface area contributed by atoms with Crippen LogP contribution in [0.4, 0.5) is 13.2 Å².